The number of nitrogens with zero attached hydrogens (tertiary/aromatic N) is 3. The van der Waals surface area contributed by atoms with Crippen LogP contribution >= 0.6 is 0 Å². The molecule has 7 heteroatoms. The molecule has 1 aromatic heterocycles. The van der Waals surface area contributed by atoms with Gasteiger partial charge in [-0.25, -0.2) is 0 Å². The Kier molecular flexibility index (Phi) is 3.63. The number of aromatic amines is 1. The molecule has 3 N–H and O–H groups in total. The summed E-state index contributed by atoms with van der Waals surface area (Å²) in [5.74, 6) is 0.182. The van der Waals surface area contributed by atoms with Crippen LogP contribution in [-0.4, -0.2) is 44.3 Å². The first-order valence-corrected chi connectivity index (χ1v) is 5.46. The molecule has 0 aliphatic rings. The third kappa shape index (κ3) is 2.69. The van der Waals surface area contributed by atoms with Gasteiger partial charge in [0.05, 0.1) is 6.61 Å². The third-order valence-corrected chi connectivity index (χ3v) is 2.38. The van der Waals surface area contributed by atoms with Gasteiger partial charge in [0.2, 0.25) is 5.82 Å². The van der Waals surface area contributed by atoms with Crippen molar-refractivity contribution in [2.75, 3.05) is 6.61 Å². The van der Waals surface area contributed by atoms with Crippen LogP contribution in [0.25, 0.3) is 11.4 Å². The lowest BCUT2D eigenvalue weighted by Gasteiger charge is -2.10. The number of hydrogen-bond acceptors (Lipinski definition) is 5. The minimum atomic E-state index is -0.286. The monoisotopic (exact) mass is 247 g/mol. The topological polar surface area (TPSA) is 104 Å². The molecule has 0 aliphatic heterocycles. The number of carbonyl (C=O) groups excluding carboxylic acids is 1. The molecular weight excluding hydrogens is 234 g/mol. The van der Waals surface area contributed by atoms with Crippen LogP contribution in [0.3, 0.4) is 0 Å². The van der Waals surface area contributed by atoms with Crippen molar-refractivity contribution in [3.63, 3.8) is 0 Å². The van der Waals surface area contributed by atoms with Crippen molar-refractivity contribution in [3.05, 3.63) is 29.8 Å². The van der Waals surface area contributed by atoms with Crippen molar-refractivity contribution >= 4 is 5.91 Å². The van der Waals surface area contributed by atoms with Gasteiger partial charge in [-0.3, -0.25) is 4.79 Å². The summed E-state index contributed by atoms with van der Waals surface area (Å²) >= 11 is 0. The lowest BCUT2D eigenvalue weighted by Crippen LogP contribution is -2.34. The fourth-order valence-corrected chi connectivity index (χ4v) is 1.44. The molecular formula is C11H13N5O2. The number of hydrogen-bond donors (Lipinski definition) is 3. The quantitative estimate of drug-likeness (QED) is 0.704. The molecule has 0 saturated carbocycles. The first kappa shape index (κ1) is 12.2. The maximum absolute atomic E-state index is 11.8. The maximum atomic E-state index is 11.8. The van der Waals surface area contributed by atoms with Crippen molar-refractivity contribution in [1.29, 1.82) is 0 Å². The van der Waals surface area contributed by atoms with E-state index in [-0.39, 0.29) is 18.6 Å². The second-order valence-electron chi connectivity index (χ2n) is 3.87. The van der Waals surface area contributed by atoms with Gasteiger partial charge in [-0.1, -0.05) is 12.1 Å². The Bertz CT molecular complexity index is 526. The lowest BCUT2D eigenvalue weighted by molar-refractivity contribution is 0.0922. The fourth-order valence-electron chi connectivity index (χ4n) is 1.44. The largest absolute Gasteiger partial charge is 0.394 e. The zero-order valence-electron chi connectivity index (χ0n) is 9.79. The van der Waals surface area contributed by atoms with Crippen LogP contribution in [0.4, 0.5) is 0 Å². The molecule has 0 spiro atoms. The van der Waals surface area contributed by atoms with Gasteiger partial charge in [-0.2, -0.15) is 5.21 Å². The number of H-pyrrole nitrogens is 1. The van der Waals surface area contributed by atoms with Gasteiger partial charge in [-0.05, 0) is 24.3 Å². The highest BCUT2D eigenvalue weighted by Gasteiger charge is 2.11. The first-order valence-electron chi connectivity index (χ1n) is 5.46. The molecule has 1 aromatic carbocycles. The number of carbonyl (C=O) groups is 1. The second-order valence-corrected chi connectivity index (χ2v) is 3.87. The van der Waals surface area contributed by atoms with Crippen LogP contribution < -0.4 is 5.32 Å². The standard InChI is InChI=1S/C11H13N5O2/c1-7(6-17)12-11(18)9-4-2-3-8(5-9)10-13-15-16-14-10/h2-5,7,17H,6H2,1H3,(H,12,18)(H,13,14,15,16)/t7-/m0/s1. The Balaban J connectivity index is 2.20. The summed E-state index contributed by atoms with van der Waals surface area (Å²) in [5, 5.41) is 25.1. The van der Waals surface area contributed by atoms with Crippen LogP contribution in [-0.2, 0) is 0 Å². The van der Waals surface area contributed by atoms with E-state index in [4.69, 9.17) is 5.11 Å². The number of aromatic nitrogens is 4. The van der Waals surface area contributed by atoms with Crippen LogP contribution in [0.2, 0.25) is 0 Å². The van der Waals surface area contributed by atoms with Gasteiger partial charge in [0.15, 0.2) is 0 Å². The Labute approximate surface area is 103 Å². The summed E-state index contributed by atoms with van der Waals surface area (Å²) in [4.78, 5) is 11.8. The van der Waals surface area contributed by atoms with Crippen LogP contribution in [0.15, 0.2) is 24.3 Å². The van der Waals surface area contributed by atoms with E-state index in [0.29, 0.717) is 17.0 Å². The minimum Gasteiger partial charge on any atom is -0.394 e. The number of nitrogens with one attached hydrogen (secondary N) is 2. The Morgan fingerprint density at radius 2 is 2.39 bits per heavy atom. The van der Waals surface area contributed by atoms with Gasteiger partial charge in [0.1, 0.15) is 0 Å². The highest BCUT2D eigenvalue weighted by atomic mass is 16.3. The predicted molar refractivity (Wildman–Crippen MR) is 63.6 cm³/mol. The SMILES string of the molecule is C[C@@H](CO)NC(=O)c1cccc(-c2nn[nH]n2)c1. The normalized spacial score (nSPS) is 12.1. The highest BCUT2D eigenvalue weighted by molar-refractivity contribution is 5.95. The van der Waals surface area contributed by atoms with Crippen molar-refractivity contribution in [2.24, 2.45) is 0 Å². The van der Waals surface area contributed by atoms with Crippen molar-refractivity contribution in [3.8, 4) is 11.4 Å². The van der Waals surface area contributed by atoms with E-state index in [1.165, 1.54) is 0 Å². The molecule has 0 aliphatic carbocycles. The number of aliphatic hydroxyl groups is 1. The van der Waals surface area contributed by atoms with E-state index >= 15 is 0 Å². The minimum absolute atomic E-state index is 0.101. The molecule has 0 bridgehead atoms. The summed E-state index contributed by atoms with van der Waals surface area (Å²) in [5.41, 5.74) is 1.19. The third-order valence-electron chi connectivity index (χ3n) is 2.38. The molecule has 18 heavy (non-hydrogen) atoms. The molecule has 2 rings (SSSR count). The summed E-state index contributed by atoms with van der Waals surface area (Å²) in [6.07, 6.45) is 0. The summed E-state index contributed by atoms with van der Waals surface area (Å²) in [7, 11) is 0. The molecule has 0 saturated heterocycles. The average Bonchev–Trinajstić information content (AvgIpc) is 2.92. The van der Waals surface area contributed by atoms with E-state index in [0.717, 1.165) is 0 Å². The molecule has 1 heterocycles. The number of aliphatic hydroxyl groups excluding tert-OH is 1. The van der Waals surface area contributed by atoms with Gasteiger partial charge in [-0.15, -0.1) is 10.2 Å². The van der Waals surface area contributed by atoms with Crippen LogP contribution in [0, 0.1) is 0 Å². The number of rotatable bonds is 4. The Morgan fingerprint density at radius 1 is 1.56 bits per heavy atom. The Morgan fingerprint density at radius 3 is 3.06 bits per heavy atom. The Hall–Kier alpha value is -2.28. The maximum Gasteiger partial charge on any atom is 0.251 e. The van der Waals surface area contributed by atoms with Crippen LogP contribution in [0.5, 0.6) is 0 Å². The molecule has 1 amide bonds. The second kappa shape index (κ2) is 5.37. The number of tetrazole rings is 1. The molecule has 0 fully saturated rings. The fraction of sp³-hybridized carbons (Fsp3) is 0.273. The first-order chi connectivity index (χ1) is 8.70. The summed E-state index contributed by atoms with van der Waals surface area (Å²) in [6.45, 7) is 1.62. The molecule has 94 valence electrons. The number of amides is 1. The zero-order valence-corrected chi connectivity index (χ0v) is 9.79. The van der Waals surface area contributed by atoms with E-state index < -0.39 is 0 Å². The van der Waals surface area contributed by atoms with E-state index in [2.05, 4.69) is 25.9 Å². The molecule has 7 nitrogen and oxygen atoms in total. The van der Waals surface area contributed by atoms with Crippen molar-refractivity contribution in [1.82, 2.24) is 25.9 Å². The molecule has 1 atom stereocenters. The van der Waals surface area contributed by atoms with Crippen molar-refractivity contribution < 1.29 is 9.90 Å². The van der Waals surface area contributed by atoms with Gasteiger partial charge in [0, 0.05) is 17.2 Å². The van der Waals surface area contributed by atoms with E-state index in [1.54, 1.807) is 31.2 Å². The average molecular weight is 247 g/mol. The van der Waals surface area contributed by atoms with E-state index in [1.807, 2.05) is 0 Å². The van der Waals surface area contributed by atoms with Gasteiger partial charge >= 0.3 is 0 Å². The summed E-state index contributed by atoms with van der Waals surface area (Å²) < 4.78 is 0. The van der Waals surface area contributed by atoms with E-state index in [9.17, 15) is 4.79 Å². The van der Waals surface area contributed by atoms with Crippen LogP contribution in [0.1, 0.15) is 17.3 Å². The van der Waals surface area contributed by atoms with Gasteiger partial charge in [0.25, 0.3) is 5.91 Å². The lowest BCUT2D eigenvalue weighted by atomic mass is 10.1. The smallest absolute Gasteiger partial charge is 0.251 e. The van der Waals surface area contributed by atoms with Gasteiger partial charge < -0.3 is 10.4 Å². The predicted octanol–water partition coefficient (Wildman–Crippen LogP) is -0.0227. The number of benzene rings is 1. The molecule has 0 unspecified atom stereocenters. The van der Waals surface area contributed by atoms with Crippen molar-refractivity contribution in [2.45, 2.75) is 13.0 Å². The zero-order chi connectivity index (χ0) is 13.0. The summed E-state index contributed by atoms with van der Waals surface area (Å²) in [6, 6.07) is 6.60. The molecule has 0 radical (unpaired) electrons. The molecule has 2 aromatic rings. The highest BCUT2D eigenvalue weighted by Crippen LogP contribution is 2.14.